The van der Waals surface area contributed by atoms with Gasteiger partial charge >= 0.3 is 0 Å². The normalized spacial score (nSPS) is 12.5. The topological polar surface area (TPSA) is 120 Å². The Balaban J connectivity index is 1.87. The highest BCUT2D eigenvalue weighted by Crippen LogP contribution is 2.23. The molecule has 8 nitrogen and oxygen atoms in total. The Hall–Kier alpha value is -2.91. The maximum Gasteiger partial charge on any atom is 0.257 e. The number of hydrogen-bond donors (Lipinski definition) is 2. The summed E-state index contributed by atoms with van der Waals surface area (Å²) in [6, 6.07) is 8.01. The Bertz CT molecular complexity index is 1160. The van der Waals surface area contributed by atoms with Gasteiger partial charge in [-0.15, -0.1) is 0 Å². The minimum Gasteiger partial charge on any atom is -0.383 e. The Kier molecular flexibility index (Phi) is 6.42. The van der Waals surface area contributed by atoms with Gasteiger partial charge in [0.1, 0.15) is 11.4 Å². The van der Waals surface area contributed by atoms with Gasteiger partial charge < -0.3 is 11.1 Å². The van der Waals surface area contributed by atoms with Crippen molar-refractivity contribution in [1.82, 2.24) is 20.1 Å². The number of nitrogens with two attached hydrogens (primary N) is 1. The van der Waals surface area contributed by atoms with Crippen molar-refractivity contribution >= 4 is 33.2 Å². The van der Waals surface area contributed by atoms with Gasteiger partial charge in [-0.2, -0.15) is 5.10 Å². The van der Waals surface area contributed by atoms with Crippen LogP contribution in [0.2, 0.25) is 5.02 Å². The molecule has 1 atom stereocenters. The van der Waals surface area contributed by atoms with E-state index < -0.39 is 21.8 Å². The highest BCUT2D eigenvalue weighted by atomic mass is 35.5. The summed E-state index contributed by atoms with van der Waals surface area (Å²) in [6.45, 7) is 1.97. The van der Waals surface area contributed by atoms with Crippen LogP contribution in [0, 0.1) is 0 Å². The summed E-state index contributed by atoms with van der Waals surface area (Å²) in [6.07, 6.45) is 6.73. The van der Waals surface area contributed by atoms with Gasteiger partial charge in [-0.05, 0) is 42.3 Å². The molecule has 3 aromatic rings. The van der Waals surface area contributed by atoms with Gasteiger partial charge in [-0.1, -0.05) is 24.9 Å². The number of pyridine rings is 1. The fraction of sp³-hybridized carbons (Fsp3) is 0.250. The van der Waals surface area contributed by atoms with Crippen molar-refractivity contribution in [2.75, 3.05) is 12.0 Å². The fourth-order valence-electron chi connectivity index (χ4n) is 3.00. The minimum absolute atomic E-state index is 0.102. The maximum atomic E-state index is 12.9. The molecule has 0 saturated heterocycles. The fourth-order valence-corrected chi connectivity index (χ4v) is 3.73. The number of amides is 1. The van der Waals surface area contributed by atoms with Crippen LogP contribution in [-0.2, 0) is 9.84 Å². The number of rotatable bonds is 7. The molecule has 0 radical (unpaired) electrons. The minimum atomic E-state index is -3.41. The van der Waals surface area contributed by atoms with E-state index in [9.17, 15) is 13.2 Å². The highest BCUT2D eigenvalue weighted by molar-refractivity contribution is 7.90. The lowest BCUT2D eigenvalue weighted by Crippen LogP contribution is -2.29. The summed E-state index contributed by atoms with van der Waals surface area (Å²) in [5.41, 5.74) is 7.66. The molecule has 0 aliphatic rings. The van der Waals surface area contributed by atoms with E-state index in [0.717, 1.165) is 12.7 Å². The van der Waals surface area contributed by atoms with E-state index in [0.29, 0.717) is 22.7 Å². The number of halogens is 1. The Morgan fingerprint density at radius 1 is 1.23 bits per heavy atom. The second-order valence-electron chi connectivity index (χ2n) is 6.87. The first-order chi connectivity index (χ1) is 14.2. The van der Waals surface area contributed by atoms with Crippen molar-refractivity contribution < 1.29 is 13.2 Å². The quantitative estimate of drug-likeness (QED) is 0.573. The Labute approximate surface area is 180 Å². The molecule has 2 heterocycles. The number of anilines is 1. The number of aromatic nitrogens is 3. The van der Waals surface area contributed by atoms with Crippen LogP contribution in [0.4, 0.5) is 5.82 Å². The van der Waals surface area contributed by atoms with Crippen LogP contribution in [0.25, 0.3) is 5.69 Å². The van der Waals surface area contributed by atoms with Crippen molar-refractivity contribution in [3.8, 4) is 5.69 Å². The largest absolute Gasteiger partial charge is 0.383 e. The number of carbonyl (C=O) groups excluding carboxylic acids is 1. The second-order valence-corrected chi connectivity index (χ2v) is 9.32. The van der Waals surface area contributed by atoms with Crippen molar-refractivity contribution in [2.45, 2.75) is 30.7 Å². The maximum absolute atomic E-state index is 12.9. The zero-order valence-electron chi connectivity index (χ0n) is 16.5. The van der Waals surface area contributed by atoms with E-state index in [4.69, 9.17) is 17.3 Å². The summed E-state index contributed by atoms with van der Waals surface area (Å²) < 4.78 is 25.1. The third-order valence-electron chi connectivity index (χ3n) is 4.57. The number of nitrogen functional groups attached to an aromatic ring is 1. The van der Waals surface area contributed by atoms with E-state index in [1.807, 2.05) is 6.92 Å². The molecule has 0 aliphatic heterocycles. The third kappa shape index (κ3) is 4.80. The molecule has 1 amide bonds. The molecule has 158 valence electrons. The van der Waals surface area contributed by atoms with Gasteiger partial charge in [0.15, 0.2) is 9.84 Å². The van der Waals surface area contributed by atoms with Crippen molar-refractivity contribution in [3.05, 3.63) is 65.1 Å². The standard InChI is InChI=1S/C20H22ClN5O3S/c1-3-4-18(13-9-16(11-23-10-13)30(2,28)29)25-20(27)17-12-24-26(19(17)22)15-7-5-14(21)6-8-15/h5-12,18H,3-4,22H2,1-2H3,(H,25,27). The van der Waals surface area contributed by atoms with Crippen molar-refractivity contribution in [3.63, 3.8) is 0 Å². The SMILES string of the molecule is CCCC(NC(=O)c1cnn(-c2ccc(Cl)cc2)c1N)c1cncc(S(C)(=O)=O)c1. The highest BCUT2D eigenvalue weighted by Gasteiger charge is 2.21. The molecule has 1 unspecified atom stereocenters. The molecule has 0 bridgehead atoms. The summed E-state index contributed by atoms with van der Waals surface area (Å²) in [7, 11) is -3.41. The van der Waals surface area contributed by atoms with E-state index in [1.54, 1.807) is 30.5 Å². The van der Waals surface area contributed by atoms with Gasteiger partial charge in [0.25, 0.3) is 5.91 Å². The molecular weight excluding hydrogens is 426 g/mol. The van der Waals surface area contributed by atoms with Gasteiger partial charge in [-0.3, -0.25) is 9.78 Å². The van der Waals surface area contributed by atoms with Crippen LogP contribution in [-0.4, -0.2) is 35.3 Å². The van der Waals surface area contributed by atoms with Gasteiger partial charge in [-0.25, -0.2) is 13.1 Å². The van der Waals surface area contributed by atoms with E-state index >= 15 is 0 Å². The lowest BCUT2D eigenvalue weighted by atomic mass is 10.0. The molecule has 1 aromatic carbocycles. The third-order valence-corrected chi connectivity index (χ3v) is 5.90. The Morgan fingerprint density at radius 2 is 1.93 bits per heavy atom. The van der Waals surface area contributed by atoms with Gasteiger partial charge in [0.2, 0.25) is 0 Å². The van der Waals surface area contributed by atoms with Crippen LogP contribution in [0.3, 0.4) is 0 Å². The molecule has 3 N–H and O–H groups in total. The smallest absolute Gasteiger partial charge is 0.257 e. The molecule has 10 heteroatoms. The second kappa shape index (κ2) is 8.85. The summed E-state index contributed by atoms with van der Waals surface area (Å²) in [5, 5.41) is 7.70. The average Bonchev–Trinajstić information content (AvgIpc) is 3.09. The summed E-state index contributed by atoms with van der Waals surface area (Å²) >= 11 is 5.91. The number of hydrogen-bond acceptors (Lipinski definition) is 6. The number of nitrogens with one attached hydrogen (secondary N) is 1. The predicted octanol–water partition coefficient (Wildman–Crippen LogP) is 3.18. The molecule has 30 heavy (non-hydrogen) atoms. The summed E-state index contributed by atoms with van der Waals surface area (Å²) in [5.74, 6) is -0.219. The predicted molar refractivity (Wildman–Crippen MR) is 115 cm³/mol. The number of nitrogens with zero attached hydrogens (tertiary/aromatic N) is 3. The van der Waals surface area contributed by atoms with Gasteiger partial charge in [0.05, 0.1) is 22.8 Å². The first kappa shape index (κ1) is 21.8. The van der Waals surface area contributed by atoms with Crippen molar-refractivity contribution in [2.24, 2.45) is 0 Å². The number of sulfone groups is 1. The van der Waals surface area contributed by atoms with Gasteiger partial charge in [0, 0.05) is 23.7 Å². The average molecular weight is 448 g/mol. The monoisotopic (exact) mass is 447 g/mol. The zero-order valence-corrected chi connectivity index (χ0v) is 18.1. The van der Waals surface area contributed by atoms with Crippen molar-refractivity contribution in [1.29, 1.82) is 0 Å². The Morgan fingerprint density at radius 3 is 2.57 bits per heavy atom. The van der Waals surface area contributed by atoms with E-state index in [2.05, 4.69) is 15.4 Å². The molecule has 2 aromatic heterocycles. The molecule has 3 rings (SSSR count). The van der Waals surface area contributed by atoms with Crippen LogP contribution in [0.1, 0.15) is 41.7 Å². The van der Waals surface area contributed by atoms with E-state index in [-0.39, 0.29) is 16.3 Å². The molecule has 0 fully saturated rings. The molecule has 0 saturated carbocycles. The molecular formula is C20H22ClN5O3S. The van der Waals surface area contributed by atoms with Crippen LogP contribution < -0.4 is 11.1 Å². The van der Waals surface area contributed by atoms with Crippen LogP contribution >= 0.6 is 11.6 Å². The van der Waals surface area contributed by atoms with E-state index in [1.165, 1.54) is 23.1 Å². The van der Waals surface area contributed by atoms with Crippen LogP contribution in [0.5, 0.6) is 0 Å². The lowest BCUT2D eigenvalue weighted by molar-refractivity contribution is 0.0935. The first-order valence-electron chi connectivity index (χ1n) is 9.26. The number of benzene rings is 1. The summed E-state index contributed by atoms with van der Waals surface area (Å²) in [4.78, 5) is 17.0. The molecule has 0 spiro atoms. The van der Waals surface area contributed by atoms with Crippen LogP contribution in [0.15, 0.2) is 53.8 Å². The molecule has 0 aliphatic carbocycles. The number of carbonyl (C=O) groups is 1. The first-order valence-corrected chi connectivity index (χ1v) is 11.5. The zero-order chi connectivity index (χ0) is 21.9. The lowest BCUT2D eigenvalue weighted by Gasteiger charge is -2.18.